The Morgan fingerprint density at radius 3 is 3.00 bits per heavy atom. The summed E-state index contributed by atoms with van der Waals surface area (Å²) in [5.74, 6) is -0.171. The van der Waals surface area contributed by atoms with Gasteiger partial charge in [-0.25, -0.2) is 4.79 Å². The van der Waals surface area contributed by atoms with E-state index in [1.54, 1.807) is 25.1 Å². The number of esters is 1. The SMILES string of the molecule is C=CCOC(=O)[C@@H]1[C@@H]2NC(=O)N[C@]1(C)Oc1c(OC)cccc12. The highest BCUT2D eigenvalue weighted by atomic mass is 16.6. The first kappa shape index (κ1) is 15.2. The molecule has 2 heterocycles. The maximum atomic E-state index is 12.5. The second kappa shape index (κ2) is 5.49. The molecule has 1 fully saturated rings. The van der Waals surface area contributed by atoms with Gasteiger partial charge in [0.2, 0.25) is 0 Å². The highest BCUT2D eigenvalue weighted by Gasteiger charge is 2.57. The fourth-order valence-electron chi connectivity index (χ4n) is 3.08. The van der Waals surface area contributed by atoms with E-state index in [1.807, 2.05) is 0 Å². The minimum absolute atomic E-state index is 0.0943. The van der Waals surface area contributed by atoms with E-state index in [9.17, 15) is 9.59 Å². The maximum Gasteiger partial charge on any atom is 0.318 e. The molecule has 7 nitrogen and oxygen atoms in total. The van der Waals surface area contributed by atoms with E-state index >= 15 is 0 Å². The van der Waals surface area contributed by atoms with Gasteiger partial charge in [-0.15, -0.1) is 0 Å². The summed E-state index contributed by atoms with van der Waals surface area (Å²) in [5.41, 5.74) is -0.551. The number of carbonyl (C=O) groups excluding carboxylic acids is 2. The zero-order valence-corrected chi connectivity index (χ0v) is 12.9. The molecule has 122 valence electrons. The second-order valence-corrected chi connectivity index (χ2v) is 5.56. The smallest absolute Gasteiger partial charge is 0.318 e. The number of para-hydroxylation sites is 1. The topological polar surface area (TPSA) is 85.9 Å². The van der Waals surface area contributed by atoms with Crippen molar-refractivity contribution in [3.8, 4) is 11.5 Å². The molecule has 1 aromatic rings. The summed E-state index contributed by atoms with van der Waals surface area (Å²) in [7, 11) is 1.54. The molecule has 0 aliphatic carbocycles. The molecule has 3 atom stereocenters. The first-order valence-corrected chi connectivity index (χ1v) is 7.22. The highest BCUT2D eigenvalue weighted by molar-refractivity contribution is 5.84. The fraction of sp³-hybridized carbons (Fsp3) is 0.375. The van der Waals surface area contributed by atoms with Gasteiger partial charge >= 0.3 is 12.0 Å². The highest BCUT2D eigenvalue weighted by Crippen LogP contribution is 2.48. The van der Waals surface area contributed by atoms with E-state index in [2.05, 4.69) is 17.2 Å². The van der Waals surface area contributed by atoms with Gasteiger partial charge in [0.1, 0.15) is 12.5 Å². The number of hydrogen-bond donors (Lipinski definition) is 2. The van der Waals surface area contributed by atoms with E-state index in [0.717, 1.165) is 0 Å². The van der Waals surface area contributed by atoms with Crippen molar-refractivity contribution in [2.24, 2.45) is 5.92 Å². The average Bonchev–Trinajstić information content (AvgIpc) is 2.50. The zero-order chi connectivity index (χ0) is 16.6. The number of nitrogens with one attached hydrogen (secondary N) is 2. The van der Waals surface area contributed by atoms with Crippen LogP contribution in [-0.2, 0) is 9.53 Å². The van der Waals surface area contributed by atoms with Crippen molar-refractivity contribution in [2.75, 3.05) is 13.7 Å². The van der Waals surface area contributed by atoms with Crippen LogP contribution in [0.5, 0.6) is 11.5 Å². The summed E-state index contributed by atoms with van der Waals surface area (Å²) in [5, 5.41) is 5.44. The molecule has 3 rings (SSSR count). The Morgan fingerprint density at radius 2 is 2.30 bits per heavy atom. The van der Waals surface area contributed by atoms with Crippen LogP contribution in [0.3, 0.4) is 0 Å². The van der Waals surface area contributed by atoms with E-state index in [1.165, 1.54) is 13.2 Å². The predicted molar refractivity (Wildman–Crippen MR) is 81.1 cm³/mol. The third-order valence-electron chi connectivity index (χ3n) is 4.05. The van der Waals surface area contributed by atoms with Gasteiger partial charge in [0, 0.05) is 5.56 Å². The van der Waals surface area contributed by atoms with Gasteiger partial charge in [-0.05, 0) is 13.0 Å². The maximum absolute atomic E-state index is 12.5. The predicted octanol–water partition coefficient (Wildman–Crippen LogP) is 1.50. The van der Waals surface area contributed by atoms with E-state index < -0.39 is 29.7 Å². The van der Waals surface area contributed by atoms with Gasteiger partial charge in [-0.2, -0.15) is 0 Å². The number of carbonyl (C=O) groups is 2. The molecule has 1 aromatic carbocycles. The summed E-state index contributed by atoms with van der Waals surface area (Å²) in [6, 6.07) is 4.37. The molecule has 2 aliphatic heterocycles. The molecule has 0 aromatic heterocycles. The summed E-state index contributed by atoms with van der Waals surface area (Å²) in [6.45, 7) is 5.27. The molecule has 1 saturated heterocycles. The van der Waals surface area contributed by atoms with Gasteiger partial charge in [-0.1, -0.05) is 24.8 Å². The van der Waals surface area contributed by atoms with Crippen molar-refractivity contribution < 1.29 is 23.8 Å². The van der Waals surface area contributed by atoms with Crippen LogP contribution in [0.1, 0.15) is 18.5 Å². The van der Waals surface area contributed by atoms with Crippen LogP contribution in [-0.4, -0.2) is 31.4 Å². The molecule has 0 spiro atoms. The molecule has 0 saturated carbocycles. The summed E-state index contributed by atoms with van der Waals surface area (Å²) >= 11 is 0. The molecule has 2 amide bonds. The van der Waals surface area contributed by atoms with Crippen LogP contribution >= 0.6 is 0 Å². The van der Waals surface area contributed by atoms with Crippen molar-refractivity contribution in [1.29, 1.82) is 0 Å². The summed E-state index contributed by atoms with van der Waals surface area (Å²) < 4.78 is 16.5. The molecule has 2 bridgehead atoms. The van der Waals surface area contributed by atoms with E-state index in [-0.39, 0.29) is 6.61 Å². The Balaban J connectivity index is 2.07. The first-order valence-electron chi connectivity index (χ1n) is 7.22. The van der Waals surface area contributed by atoms with Gasteiger partial charge in [-0.3, -0.25) is 10.1 Å². The Labute approximate surface area is 133 Å². The van der Waals surface area contributed by atoms with Gasteiger partial charge in [0.25, 0.3) is 0 Å². The van der Waals surface area contributed by atoms with E-state index in [4.69, 9.17) is 14.2 Å². The standard InChI is InChI=1S/C16H18N2O5/c1-4-8-22-14(19)11-12-9-6-5-7-10(21-3)13(9)23-16(11,2)18-15(20)17-12/h4-7,11-12H,1,8H2,2-3H3,(H2,17,18,20)/t11-,12+,16+/m0/s1. The molecule has 23 heavy (non-hydrogen) atoms. The van der Waals surface area contributed by atoms with Gasteiger partial charge < -0.3 is 19.5 Å². The van der Waals surface area contributed by atoms with Crippen molar-refractivity contribution in [1.82, 2.24) is 10.6 Å². The molecular weight excluding hydrogens is 300 g/mol. The number of ether oxygens (including phenoxy) is 3. The van der Waals surface area contributed by atoms with Crippen LogP contribution in [0.2, 0.25) is 0 Å². The molecule has 2 N–H and O–H groups in total. The van der Waals surface area contributed by atoms with Crippen LogP contribution < -0.4 is 20.1 Å². The van der Waals surface area contributed by atoms with Crippen LogP contribution in [0.4, 0.5) is 4.79 Å². The minimum atomic E-state index is -1.23. The Bertz CT molecular complexity index is 674. The largest absolute Gasteiger partial charge is 0.493 e. The number of methoxy groups -OCH3 is 1. The van der Waals surface area contributed by atoms with Crippen molar-refractivity contribution in [3.05, 3.63) is 36.4 Å². The second-order valence-electron chi connectivity index (χ2n) is 5.56. The number of rotatable bonds is 4. The third kappa shape index (κ3) is 2.38. The van der Waals surface area contributed by atoms with Crippen LogP contribution in [0, 0.1) is 5.92 Å². The monoisotopic (exact) mass is 318 g/mol. The van der Waals surface area contributed by atoms with Crippen molar-refractivity contribution in [3.63, 3.8) is 0 Å². The molecular formula is C16H18N2O5. The Hall–Kier alpha value is -2.70. The van der Waals surface area contributed by atoms with Crippen LogP contribution in [0.15, 0.2) is 30.9 Å². The molecule has 7 heteroatoms. The molecule has 0 unspecified atom stereocenters. The lowest BCUT2D eigenvalue weighted by atomic mass is 9.80. The number of urea groups is 1. The number of benzene rings is 1. The number of hydrogen-bond acceptors (Lipinski definition) is 5. The van der Waals surface area contributed by atoms with Crippen molar-refractivity contribution >= 4 is 12.0 Å². The lowest BCUT2D eigenvalue weighted by Crippen LogP contribution is -2.70. The lowest BCUT2D eigenvalue weighted by Gasteiger charge is -2.49. The van der Waals surface area contributed by atoms with E-state index in [0.29, 0.717) is 17.1 Å². The molecule has 0 radical (unpaired) electrons. The Morgan fingerprint density at radius 1 is 1.52 bits per heavy atom. The normalized spacial score (nSPS) is 27.7. The van der Waals surface area contributed by atoms with Crippen LogP contribution in [0.25, 0.3) is 0 Å². The number of fused-ring (bicyclic) bond motifs is 4. The first-order chi connectivity index (χ1) is 11.0. The lowest BCUT2D eigenvalue weighted by molar-refractivity contribution is -0.162. The van der Waals surface area contributed by atoms with Gasteiger partial charge in [0.05, 0.1) is 13.2 Å². The Kier molecular flexibility index (Phi) is 3.63. The summed E-state index contributed by atoms with van der Waals surface area (Å²) in [4.78, 5) is 24.4. The third-order valence-corrected chi connectivity index (χ3v) is 4.05. The molecule has 2 aliphatic rings. The fourth-order valence-corrected chi connectivity index (χ4v) is 3.08. The quantitative estimate of drug-likeness (QED) is 0.649. The average molecular weight is 318 g/mol. The number of amides is 2. The minimum Gasteiger partial charge on any atom is -0.493 e. The zero-order valence-electron chi connectivity index (χ0n) is 12.9. The summed E-state index contributed by atoms with van der Waals surface area (Å²) in [6.07, 6.45) is 1.49. The van der Waals surface area contributed by atoms with Gasteiger partial charge in [0.15, 0.2) is 17.2 Å². The van der Waals surface area contributed by atoms with Crippen molar-refractivity contribution in [2.45, 2.75) is 18.7 Å².